The maximum Gasteiger partial charge on any atom is 0.255 e. The summed E-state index contributed by atoms with van der Waals surface area (Å²) < 4.78 is 10.5. The van der Waals surface area contributed by atoms with Gasteiger partial charge in [-0.2, -0.15) is 0 Å². The molecule has 0 spiro atoms. The third kappa shape index (κ3) is 4.44. The molecule has 0 radical (unpaired) electrons. The van der Waals surface area contributed by atoms with E-state index in [0.29, 0.717) is 34.3 Å². The second-order valence-corrected chi connectivity index (χ2v) is 6.34. The van der Waals surface area contributed by atoms with Crippen LogP contribution in [0.3, 0.4) is 0 Å². The van der Waals surface area contributed by atoms with Crippen molar-refractivity contribution in [2.24, 2.45) is 0 Å². The Balaban J connectivity index is 1.40. The van der Waals surface area contributed by atoms with Gasteiger partial charge in [-0.3, -0.25) is 9.59 Å². The van der Waals surface area contributed by atoms with E-state index >= 15 is 0 Å². The minimum atomic E-state index is -0.270. The molecule has 0 saturated heterocycles. The molecule has 8 heteroatoms. The highest BCUT2D eigenvalue weighted by molar-refractivity contribution is 6.04. The predicted molar refractivity (Wildman–Crippen MR) is 109 cm³/mol. The fourth-order valence-electron chi connectivity index (χ4n) is 2.81. The number of nitrogens with one attached hydrogen (secondary N) is 3. The Labute approximate surface area is 166 Å². The molecule has 8 nitrogen and oxygen atoms in total. The van der Waals surface area contributed by atoms with Crippen molar-refractivity contribution in [3.63, 3.8) is 0 Å². The van der Waals surface area contributed by atoms with Crippen LogP contribution in [-0.4, -0.2) is 23.6 Å². The molecule has 0 atom stereocenters. The standard InChI is InChI=1S/C21H18N4O4/c1-13(26)23-15-3-2-4-16(10-15)24-20-8-6-17(11-22-20)25-21(27)14-5-7-18-19(9-14)29-12-28-18/h2-11H,12H2,1H3,(H,22,24)(H,23,26)(H,25,27). The normalized spacial score (nSPS) is 11.6. The summed E-state index contributed by atoms with van der Waals surface area (Å²) in [5.41, 5.74) is 2.49. The molecule has 0 fully saturated rings. The van der Waals surface area contributed by atoms with E-state index in [-0.39, 0.29) is 18.6 Å². The van der Waals surface area contributed by atoms with E-state index in [0.717, 1.165) is 5.69 Å². The quantitative estimate of drug-likeness (QED) is 0.613. The lowest BCUT2D eigenvalue weighted by Gasteiger charge is -2.09. The number of aromatic nitrogens is 1. The molecule has 3 N–H and O–H groups in total. The number of carbonyl (C=O) groups is 2. The van der Waals surface area contributed by atoms with Gasteiger partial charge in [-0.05, 0) is 48.5 Å². The van der Waals surface area contributed by atoms with Gasteiger partial charge in [0.15, 0.2) is 11.5 Å². The van der Waals surface area contributed by atoms with Gasteiger partial charge in [0.2, 0.25) is 12.7 Å². The van der Waals surface area contributed by atoms with Crippen LogP contribution in [-0.2, 0) is 4.79 Å². The number of carbonyl (C=O) groups excluding carboxylic acids is 2. The Kier molecular flexibility index (Phi) is 4.98. The van der Waals surface area contributed by atoms with Crippen LogP contribution < -0.4 is 25.4 Å². The van der Waals surface area contributed by atoms with Crippen LogP contribution in [0.25, 0.3) is 0 Å². The van der Waals surface area contributed by atoms with Gasteiger partial charge in [-0.15, -0.1) is 0 Å². The zero-order chi connectivity index (χ0) is 20.2. The minimum absolute atomic E-state index is 0.136. The maximum absolute atomic E-state index is 12.4. The fourth-order valence-corrected chi connectivity index (χ4v) is 2.81. The predicted octanol–water partition coefficient (Wildman–Crippen LogP) is 3.76. The number of ether oxygens (including phenoxy) is 2. The summed E-state index contributed by atoms with van der Waals surface area (Å²) in [5.74, 6) is 1.38. The highest BCUT2D eigenvalue weighted by Gasteiger charge is 2.16. The first-order valence-corrected chi connectivity index (χ1v) is 8.88. The second kappa shape index (κ2) is 7.89. The number of benzene rings is 2. The maximum atomic E-state index is 12.4. The topological polar surface area (TPSA) is 102 Å². The van der Waals surface area contributed by atoms with Crippen LogP contribution in [0, 0.1) is 0 Å². The number of fused-ring (bicyclic) bond motifs is 1. The lowest BCUT2D eigenvalue weighted by atomic mass is 10.2. The van der Waals surface area contributed by atoms with Crippen molar-refractivity contribution in [2.75, 3.05) is 22.7 Å². The van der Waals surface area contributed by atoms with Crippen LogP contribution >= 0.6 is 0 Å². The number of anilines is 4. The summed E-state index contributed by atoms with van der Waals surface area (Å²) in [6.45, 7) is 1.62. The number of nitrogens with zero attached hydrogens (tertiary/aromatic N) is 1. The smallest absolute Gasteiger partial charge is 0.255 e. The second-order valence-electron chi connectivity index (χ2n) is 6.34. The van der Waals surface area contributed by atoms with Crippen molar-refractivity contribution in [1.82, 2.24) is 4.98 Å². The number of rotatable bonds is 5. The molecular formula is C21H18N4O4. The summed E-state index contributed by atoms with van der Waals surface area (Å²) in [7, 11) is 0. The van der Waals surface area contributed by atoms with Gasteiger partial charge < -0.3 is 25.4 Å². The average molecular weight is 390 g/mol. The molecule has 2 aromatic carbocycles. The SMILES string of the molecule is CC(=O)Nc1cccc(Nc2ccc(NC(=O)c3ccc4c(c3)OCO4)cn2)c1. The molecule has 29 heavy (non-hydrogen) atoms. The highest BCUT2D eigenvalue weighted by atomic mass is 16.7. The highest BCUT2D eigenvalue weighted by Crippen LogP contribution is 2.32. The van der Waals surface area contributed by atoms with Crippen molar-refractivity contribution < 1.29 is 19.1 Å². The molecule has 1 aliphatic heterocycles. The van der Waals surface area contributed by atoms with E-state index in [1.54, 1.807) is 48.7 Å². The first kappa shape index (κ1) is 18.3. The Morgan fingerprint density at radius 2 is 1.72 bits per heavy atom. The lowest BCUT2D eigenvalue weighted by Crippen LogP contribution is -2.12. The van der Waals surface area contributed by atoms with Gasteiger partial charge in [-0.1, -0.05) is 6.07 Å². The molecule has 0 unspecified atom stereocenters. The summed E-state index contributed by atoms with van der Waals surface area (Å²) >= 11 is 0. The molecule has 0 aliphatic carbocycles. The fraction of sp³-hybridized carbons (Fsp3) is 0.0952. The molecule has 4 rings (SSSR count). The first-order valence-electron chi connectivity index (χ1n) is 8.88. The number of pyridine rings is 1. The van der Waals surface area contributed by atoms with E-state index in [1.165, 1.54) is 6.92 Å². The van der Waals surface area contributed by atoms with Crippen molar-refractivity contribution in [3.05, 3.63) is 66.4 Å². The number of hydrogen-bond donors (Lipinski definition) is 3. The molecule has 1 aliphatic rings. The van der Waals surface area contributed by atoms with E-state index < -0.39 is 0 Å². The molecule has 1 aromatic heterocycles. The van der Waals surface area contributed by atoms with Crippen LogP contribution in [0.2, 0.25) is 0 Å². The first-order chi connectivity index (χ1) is 14.1. The Bertz CT molecular complexity index is 1070. The Morgan fingerprint density at radius 1 is 0.897 bits per heavy atom. The van der Waals surface area contributed by atoms with Crippen molar-refractivity contribution in [3.8, 4) is 11.5 Å². The molecule has 3 aromatic rings. The summed E-state index contributed by atoms with van der Waals surface area (Å²) in [6, 6.07) is 15.8. The van der Waals surface area contributed by atoms with Crippen molar-refractivity contribution in [1.29, 1.82) is 0 Å². The van der Waals surface area contributed by atoms with Gasteiger partial charge in [0.25, 0.3) is 5.91 Å². The summed E-state index contributed by atoms with van der Waals surface area (Å²) in [4.78, 5) is 27.9. The summed E-state index contributed by atoms with van der Waals surface area (Å²) in [6.07, 6.45) is 1.56. The third-order valence-corrected chi connectivity index (χ3v) is 4.11. The zero-order valence-corrected chi connectivity index (χ0v) is 15.6. The number of amides is 2. The molecule has 2 heterocycles. The van der Waals surface area contributed by atoms with Gasteiger partial charge in [0, 0.05) is 23.9 Å². The summed E-state index contributed by atoms with van der Waals surface area (Å²) in [5, 5.41) is 8.68. The van der Waals surface area contributed by atoms with E-state index in [4.69, 9.17) is 9.47 Å². The van der Waals surface area contributed by atoms with Gasteiger partial charge >= 0.3 is 0 Å². The third-order valence-electron chi connectivity index (χ3n) is 4.11. The lowest BCUT2D eigenvalue weighted by molar-refractivity contribution is -0.114. The number of hydrogen-bond acceptors (Lipinski definition) is 6. The Morgan fingerprint density at radius 3 is 2.52 bits per heavy atom. The largest absolute Gasteiger partial charge is 0.454 e. The van der Waals surface area contributed by atoms with Crippen LogP contribution in [0.4, 0.5) is 22.9 Å². The molecule has 0 bridgehead atoms. The average Bonchev–Trinajstić information content (AvgIpc) is 3.17. The molecule has 146 valence electrons. The minimum Gasteiger partial charge on any atom is -0.454 e. The molecule has 2 amide bonds. The van der Waals surface area contributed by atoms with Crippen molar-refractivity contribution in [2.45, 2.75) is 6.92 Å². The monoisotopic (exact) mass is 390 g/mol. The van der Waals surface area contributed by atoms with Gasteiger partial charge in [-0.25, -0.2) is 4.98 Å². The van der Waals surface area contributed by atoms with E-state index in [1.807, 2.05) is 12.1 Å². The van der Waals surface area contributed by atoms with Gasteiger partial charge in [0.05, 0.1) is 11.9 Å². The molecule has 0 saturated carbocycles. The van der Waals surface area contributed by atoms with Crippen molar-refractivity contribution >= 4 is 34.7 Å². The van der Waals surface area contributed by atoms with Gasteiger partial charge in [0.1, 0.15) is 5.82 Å². The van der Waals surface area contributed by atoms with Crippen LogP contribution in [0.1, 0.15) is 17.3 Å². The van der Waals surface area contributed by atoms with E-state index in [2.05, 4.69) is 20.9 Å². The van der Waals surface area contributed by atoms with Crippen LogP contribution in [0.5, 0.6) is 11.5 Å². The van der Waals surface area contributed by atoms with Crippen LogP contribution in [0.15, 0.2) is 60.8 Å². The molecular weight excluding hydrogens is 372 g/mol. The Hall–Kier alpha value is -4.07. The van der Waals surface area contributed by atoms with E-state index in [9.17, 15) is 9.59 Å². The zero-order valence-electron chi connectivity index (χ0n) is 15.6.